The van der Waals surface area contributed by atoms with Gasteiger partial charge in [-0.15, -0.1) is 0 Å². The molecule has 3 fully saturated rings. The van der Waals surface area contributed by atoms with Crippen LogP contribution in [0.1, 0.15) is 52.8 Å². The Morgan fingerprint density at radius 2 is 1.93 bits per heavy atom. The second kappa shape index (κ2) is 6.65. The molecule has 1 atom stereocenters. The summed E-state index contributed by atoms with van der Waals surface area (Å²) in [6.45, 7) is 1.58. The maximum Gasteiger partial charge on any atom is 0.264 e. The van der Waals surface area contributed by atoms with Crippen molar-refractivity contribution in [3.63, 3.8) is 0 Å². The molecule has 0 bridgehead atoms. The van der Waals surface area contributed by atoms with Crippen molar-refractivity contribution in [2.75, 3.05) is 25.0 Å². The Kier molecular flexibility index (Phi) is 4.16. The Bertz CT molecular complexity index is 999. The van der Waals surface area contributed by atoms with Crippen LogP contribution >= 0.6 is 0 Å². The lowest BCUT2D eigenvalue weighted by molar-refractivity contribution is -0.136. The van der Waals surface area contributed by atoms with Gasteiger partial charge in [-0.2, -0.15) is 0 Å². The predicted molar refractivity (Wildman–Crippen MR) is 104 cm³/mol. The van der Waals surface area contributed by atoms with Gasteiger partial charge in [0.2, 0.25) is 17.7 Å². The molecule has 2 N–H and O–H groups in total. The largest absolute Gasteiger partial charge is 0.375 e. The normalized spacial score (nSPS) is 24.3. The number of imide groups is 2. The second-order valence-corrected chi connectivity index (χ2v) is 8.59. The van der Waals surface area contributed by atoms with Crippen molar-refractivity contribution in [2.45, 2.75) is 38.1 Å². The van der Waals surface area contributed by atoms with E-state index in [1.54, 1.807) is 12.1 Å². The monoisotopic (exact) mass is 410 g/mol. The van der Waals surface area contributed by atoms with Crippen molar-refractivity contribution in [2.24, 2.45) is 5.41 Å². The van der Waals surface area contributed by atoms with Crippen LogP contribution in [-0.4, -0.2) is 65.0 Å². The molecule has 1 aromatic rings. The van der Waals surface area contributed by atoms with Gasteiger partial charge < -0.3 is 10.2 Å². The zero-order valence-corrected chi connectivity index (χ0v) is 16.4. The number of piperidine rings is 1. The van der Waals surface area contributed by atoms with Gasteiger partial charge in [0, 0.05) is 25.2 Å². The lowest BCUT2D eigenvalue weighted by atomic mass is 10.0. The van der Waals surface area contributed by atoms with E-state index in [4.69, 9.17) is 0 Å². The number of fused-ring (bicyclic) bond motifs is 1. The van der Waals surface area contributed by atoms with Crippen molar-refractivity contribution in [1.29, 1.82) is 0 Å². The first kappa shape index (κ1) is 18.8. The Morgan fingerprint density at radius 3 is 2.63 bits per heavy atom. The van der Waals surface area contributed by atoms with Crippen molar-refractivity contribution in [3.05, 3.63) is 29.3 Å². The summed E-state index contributed by atoms with van der Waals surface area (Å²) in [6.07, 6.45) is 3.59. The number of nitrogens with zero attached hydrogens (tertiary/aromatic N) is 2. The molecule has 3 heterocycles. The molecule has 1 aliphatic carbocycles. The van der Waals surface area contributed by atoms with Gasteiger partial charge in [0.05, 0.1) is 17.7 Å². The number of carbonyl (C=O) groups is 5. The number of hydrogen-bond acceptors (Lipinski definition) is 6. The maximum atomic E-state index is 13.1. The zero-order valence-electron chi connectivity index (χ0n) is 16.4. The van der Waals surface area contributed by atoms with Crippen LogP contribution in [0.15, 0.2) is 18.2 Å². The molecule has 1 aromatic carbocycles. The summed E-state index contributed by atoms with van der Waals surface area (Å²) in [5.74, 6) is -2.24. The van der Waals surface area contributed by atoms with E-state index in [0.717, 1.165) is 24.4 Å². The molecule has 1 unspecified atom stereocenters. The molecule has 156 valence electrons. The molecule has 0 aromatic heterocycles. The second-order valence-electron chi connectivity index (χ2n) is 8.59. The van der Waals surface area contributed by atoms with Crippen molar-refractivity contribution in [3.8, 4) is 0 Å². The lowest BCUT2D eigenvalue weighted by Gasteiger charge is -2.27. The minimum atomic E-state index is -1.01. The van der Waals surface area contributed by atoms with Gasteiger partial charge in [-0.25, -0.2) is 0 Å². The number of rotatable bonds is 4. The number of carbonyl (C=O) groups excluding carboxylic acids is 5. The first-order valence-corrected chi connectivity index (χ1v) is 10.2. The molecule has 4 aliphatic rings. The van der Waals surface area contributed by atoms with Crippen LogP contribution in [-0.2, 0) is 14.4 Å². The fourth-order valence-corrected chi connectivity index (χ4v) is 4.68. The van der Waals surface area contributed by atoms with E-state index in [1.807, 2.05) is 4.90 Å². The molecule has 9 heteroatoms. The van der Waals surface area contributed by atoms with Crippen LogP contribution in [0.25, 0.3) is 0 Å². The smallest absolute Gasteiger partial charge is 0.264 e. The Hall–Kier alpha value is -3.23. The summed E-state index contributed by atoms with van der Waals surface area (Å²) < 4.78 is 0. The maximum absolute atomic E-state index is 13.1. The molecule has 3 aliphatic heterocycles. The number of likely N-dealkylation sites (tertiary alicyclic amines) is 1. The molecule has 5 amide bonds. The highest BCUT2D eigenvalue weighted by Gasteiger charge is 2.49. The van der Waals surface area contributed by atoms with E-state index in [0.29, 0.717) is 11.1 Å². The molecule has 30 heavy (non-hydrogen) atoms. The fourth-order valence-electron chi connectivity index (χ4n) is 4.68. The first-order chi connectivity index (χ1) is 14.4. The average Bonchev–Trinajstić information content (AvgIpc) is 3.27. The third kappa shape index (κ3) is 2.96. The molecule has 1 spiro atoms. The van der Waals surface area contributed by atoms with Gasteiger partial charge in [-0.05, 0) is 43.2 Å². The predicted octanol–water partition coefficient (Wildman–Crippen LogP) is 0.512. The number of hydrogen-bond donors (Lipinski definition) is 2. The van der Waals surface area contributed by atoms with Crippen molar-refractivity contribution < 1.29 is 24.0 Å². The van der Waals surface area contributed by atoms with Gasteiger partial charge in [0.15, 0.2) is 0 Å². The summed E-state index contributed by atoms with van der Waals surface area (Å²) in [6, 6.07) is 3.81. The first-order valence-electron chi connectivity index (χ1n) is 10.2. The number of amides is 5. The SMILES string of the molecule is O=C1CCC(N2C(=O)c3cccc(NCC(=O)N4CCC5(CC5)C4)c3C2=O)C(=O)N1. The minimum Gasteiger partial charge on any atom is -0.375 e. The summed E-state index contributed by atoms with van der Waals surface area (Å²) in [5, 5.41) is 5.20. The Morgan fingerprint density at radius 1 is 1.13 bits per heavy atom. The molecule has 9 nitrogen and oxygen atoms in total. The highest BCUT2D eigenvalue weighted by Crippen LogP contribution is 2.52. The van der Waals surface area contributed by atoms with E-state index in [1.165, 1.54) is 18.9 Å². The molecule has 2 saturated heterocycles. The van der Waals surface area contributed by atoms with Gasteiger partial charge in [-0.3, -0.25) is 34.2 Å². The van der Waals surface area contributed by atoms with E-state index in [-0.39, 0.29) is 36.4 Å². The lowest BCUT2D eigenvalue weighted by Crippen LogP contribution is -2.54. The van der Waals surface area contributed by atoms with E-state index >= 15 is 0 Å². The number of benzene rings is 1. The molecule has 0 radical (unpaired) electrons. The highest BCUT2D eigenvalue weighted by molar-refractivity contribution is 6.25. The summed E-state index contributed by atoms with van der Waals surface area (Å²) in [5.41, 5.74) is 1.10. The van der Waals surface area contributed by atoms with Crippen LogP contribution in [0, 0.1) is 5.41 Å². The summed E-state index contributed by atoms with van der Waals surface area (Å²) >= 11 is 0. The van der Waals surface area contributed by atoms with E-state index in [9.17, 15) is 24.0 Å². The molecule has 1 saturated carbocycles. The summed E-state index contributed by atoms with van der Waals surface area (Å²) in [7, 11) is 0. The quantitative estimate of drug-likeness (QED) is 0.699. The standard InChI is InChI=1S/C21H22N4O5/c26-15-5-4-14(18(28)23-15)25-19(29)12-2-1-3-13(17(12)20(25)30)22-10-16(27)24-9-8-21(11-24)6-7-21/h1-3,14,22H,4-11H2,(H,23,26,28). The Labute approximate surface area is 172 Å². The average molecular weight is 410 g/mol. The van der Waals surface area contributed by atoms with Crippen LogP contribution in [0.5, 0.6) is 0 Å². The minimum absolute atomic E-state index is 0.0322. The fraction of sp³-hybridized carbons (Fsp3) is 0.476. The van der Waals surface area contributed by atoms with E-state index < -0.39 is 29.7 Å². The molecular formula is C21H22N4O5. The van der Waals surface area contributed by atoms with E-state index in [2.05, 4.69) is 10.6 Å². The van der Waals surface area contributed by atoms with Crippen molar-refractivity contribution >= 4 is 35.2 Å². The van der Waals surface area contributed by atoms with Crippen LogP contribution in [0.2, 0.25) is 0 Å². The zero-order chi connectivity index (χ0) is 21.0. The van der Waals surface area contributed by atoms with Crippen LogP contribution in [0.4, 0.5) is 5.69 Å². The van der Waals surface area contributed by atoms with Crippen LogP contribution in [0.3, 0.4) is 0 Å². The third-order valence-electron chi connectivity index (χ3n) is 6.65. The molecular weight excluding hydrogens is 388 g/mol. The topological polar surface area (TPSA) is 116 Å². The number of nitrogens with one attached hydrogen (secondary N) is 2. The number of anilines is 1. The van der Waals surface area contributed by atoms with Gasteiger partial charge in [-0.1, -0.05) is 6.07 Å². The summed E-state index contributed by atoms with van der Waals surface area (Å²) in [4.78, 5) is 64.9. The van der Waals surface area contributed by atoms with Crippen molar-refractivity contribution in [1.82, 2.24) is 15.1 Å². The van der Waals surface area contributed by atoms with Gasteiger partial charge in [0.25, 0.3) is 11.8 Å². The van der Waals surface area contributed by atoms with Gasteiger partial charge >= 0.3 is 0 Å². The molecule has 5 rings (SSSR count). The highest BCUT2D eigenvalue weighted by atomic mass is 16.2. The Balaban J connectivity index is 1.32. The van der Waals surface area contributed by atoms with Gasteiger partial charge in [0.1, 0.15) is 6.04 Å². The third-order valence-corrected chi connectivity index (χ3v) is 6.65. The van der Waals surface area contributed by atoms with Crippen LogP contribution < -0.4 is 10.6 Å².